The molecule has 1 fully saturated rings. The third kappa shape index (κ3) is 1.99. The highest BCUT2D eigenvalue weighted by atomic mass is 79.9. The number of halogens is 1. The van der Waals surface area contributed by atoms with Gasteiger partial charge in [-0.1, -0.05) is 15.9 Å². The summed E-state index contributed by atoms with van der Waals surface area (Å²) in [6.45, 7) is 0.597. The molecule has 0 N–H and O–H groups in total. The van der Waals surface area contributed by atoms with E-state index in [-0.39, 0.29) is 10.7 Å². The second-order valence-corrected chi connectivity index (χ2v) is 5.64. The number of esters is 1. The van der Waals surface area contributed by atoms with Crippen molar-refractivity contribution in [2.24, 2.45) is 0 Å². The van der Waals surface area contributed by atoms with Gasteiger partial charge in [-0.05, 0) is 11.4 Å². The maximum absolute atomic E-state index is 11.7. The van der Waals surface area contributed by atoms with Crippen LogP contribution in [0.4, 0.5) is 5.69 Å². The van der Waals surface area contributed by atoms with Gasteiger partial charge in [0.1, 0.15) is 4.88 Å². The fourth-order valence-corrected chi connectivity index (χ4v) is 3.04. The maximum atomic E-state index is 11.7. The predicted molar refractivity (Wildman–Crippen MR) is 65.3 cm³/mol. The van der Waals surface area contributed by atoms with Crippen molar-refractivity contribution < 1.29 is 14.3 Å². The third-order valence-corrected chi connectivity index (χ3v) is 3.88. The van der Waals surface area contributed by atoms with E-state index in [9.17, 15) is 9.59 Å². The summed E-state index contributed by atoms with van der Waals surface area (Å²) in [5, 5.41) is 1.79. The van der Waals surface area contributed by atoms with E-state index in [2.05, 4.69) is 20.7 Å². The van der Waals surface area contributed by atoms with Crippen molar-refractivity contribution in [2.75, 3.05) is 18.6 Å². The average Bonchev–Trinajstić information content (AvgIpc) is 2.83. The molecule has 1 unspecified atom stereocenters. The highest BCUT2D eigenvalue weighted by molar-refractivity contribution is 9.09. The Morgan fingerprint density at radius 3 is 3.00 bits per heavy atom. The van der Waals surface area contributed by atoms with Crippen LogP contribution in [-0.2, 0) is 9.53 Å². The minimum atomic E-state index is -0.393. The van der Waals surface area contributed by atoms with Crippen LogP contribution in [0.2, 0.25) is 0 Å². The van der Waals surface area contributed by atoms with Crippen molar-refractivity contribution in [3.8, 4) is 0 Å². The van der Waals surface area contributed by atoms with Crippen LogP contribution in [0.15, 0.2) is 11.4 Å². The molecule has 0 bridgehead atoms. The second kappa shape index (κ2) is 4.55. The number of amides is 1. The molecular formula is C10H10BrNO3S. The summed E-state index contributed by atoms with van der Waals surface area (Å²) in [7, 11) is 1.34. The zero-order valence-electron chi connectivity index (χ0n) is 8.60. The Bertz CT molecular complexity index is 431. The Balaban J connectivity index is 2.31. The standard InChI is InChI=1S/C10H10BrNO3S/c1-15-10(14)9-7(2-3-16-9)12-5-6(11)4-8(12)13/h2-3,6H,4-5H2,1H3. The Hall–Kier alpha value is -0.880. The van der Waals surface area contributed by atoms with Gasteiger partial charge >= 0.3 is 5.97 Å². The molecule has 0 radical (unpaired) electrons. The molecule has 2 rings (SSSR count). The lowest BCUT2D eigenvalue weighted by Gasteiger charge is -2.15. The Labute approximate surface area is 105 Å². The lowest BCUT2D eigenvalue weighted by molar-refractivity contribution is -0.117. The first kappa shape index (κ1) is 11.6. The molecule has 1 atom stereocenters. The van der Waals surface area contributed by atoms with Crippen molar-refractivity contribution in [3.05, 3.63) is 16.3 Å². The zero-order chi connectivity index (χ0) is 11.7. The number of hydrogen-bond acceptors (Lipinski definition) is 4. The van der Waals surface area contributed by atoms with Gasteiger partial charge in [-0.3, -0.25) is 4.79 Å². The van der Waals surface area contributed by atoms with Crippen LogP contribution < -0.4 is 4.90 Å². The quantitative estimate of drug-likeness (QED) is 0.620. The van der Waals surface area contributed by atoms with Crippen molar-refractivity contribution in [1.82, 2.24) is 0 Å². The molecule has 86 valence electrons. The van der Waals surface area contributed by atoms with Crippen LogP contribution in [0, 0.1) is 0 Å². The van der Waals surface area contributed by atoms with Gasteiger partial charge in [-0.25, -0.2) is 4.79 Å². The molecule has 0 aromatic carbocycles. The molecule has 2 heterocycles. The lowest BCUT2D eigenvalue weighted by Crippen LogP contribution is -2.25. The molecule has 1 amide bonds. The summed E-state index contributed by atoms with van der Waals surface area (Å²) >= 11 is 4.70. The van der Waals surface area contributed by atoms with E-state index >= 15 is 0 Å². The summed E-state index contributed by atoms with van der Waals surface area (Å²) in [5.41, 5.74) is 0.656. The highest BCUT2D eigenvalue weighted by Gasteiger charge is 2.32. The van der Waals surface area contributed by atoms with E-state index in [1.165, 1.54) is 18.4 Å². The largest absolute Gasteiger partial charge is 0.465 e. The number of carbonyl (C=O) groups excluding carboxylic acids is 2. The fraction of sp³-hybridized carbons (Fsp3) is 0.400. The first-order valence-corrected chi connectivity index (χ1v) is 6.53. The van der Waals surface area contributed by atoms with Crippen LogP contribution in [-0.4, -0.2) is 30.4 Å². The number of carbonyl (C=O) groups is 2. The van der Waals surface area contributed by atoms with Gasteiger partial charge in [-0.15, -0.1) is 11.3 Å². The van der Waals surface area contributed by atoms with Crippen molar-refractivity contribution >= 4 is 44.8 Å². The molecule has 16 heavy (non-hydrogen) atoms. The van der Waals surface area contributed by atoms with Gasteiger partial charge in [0.05, 0.1) is 12.8 Å². The first-order chi connectivity index (χ1) is 7.63. The summed E-state index contributed by atoms with van der Waals surface area (Å²) in [5.74, 6) is -0.360. The average molecular weight is 304 g/mol. The van der Waals surface area contributed by atoms with Gasteiger partial charge in [0.2, 0.25) is 5.91 Å². The summed E-state index contributed by atoms with van der Waals surface area (Å²) in [6, 6.07) is 1.78. The Morgan fingerprint density at radius 1 is 1.69 bits per heavy atom. The molecule has 1 aromatic rings. The molecular weight excluding hydrogens is 294 g/mol. The van der Waals surface area contributed by atoms with Gasteiger partial charge < -0.3 is 9.64 Å². The van der Waals surface area contributed by atoms with Gasteiger partial charge in [0.15, 0.2) is 0 Å². The topological polar surface area (TPSA) is 46.6 Å². The number of alkyl halides is 1. The molecule has 0 aliphatic carbocycles. The van der Waals surface area contributed by atoms with Crippen molar-refractivity contribution in [3.63, 3.8) is 0 Å². The number of nitrogens with zero attached hydrogens (tertiary/aromatic N) is 1. The minimum Gasteiger partial charge on any atom is -0.465 e. The molecule has 6 heteroatoms. The normalized spacial score (nSPS) is 20.2. The molecule has 1 aliphatic rings. The van der Waals surface area contributed by atoms with Gasteiger partial charge in [0, 0.05) is 17.8 Å². The van der Waals surface area contributed by atoms with Crippen molar-refractivity contribution in [1.29, 1.82) is 0 Å². The van der Waals surface area contributed by atoms with Gasteiger partial charge in [-0.2, -0.15) is 0 Å². The zero-order valence-corrected chi connectivity index (χ0v) is 11.0. The minimum absolute atomic E-state index is 0.0328. The number of ether oxygens (including phenoxy) is 1. The fourth-order valence-electron chi connectivity index (χ4n) is 1.66. The van der Waals surface area contributed by atoms with Crippen LogP contribution in [0.1, 0.15) is 16.1 Å². The molecule has 4 nitrogen and oxygen atoms in total. The Kier molecular flexibility index (Phi) is 3.30. The molecule has 1 aliphatic heterocycles. The van der Waals surface area contributed by atoms with E-state index in [4.69, 9.17) is 0 Å². The molecule has 1 saturated heterocycles. The molecule has 0 saturated carbocycles. The van der Waals surface area contributed by atoms with E-state index in [0.29, 0.717) is 23.5 Å². The number of anilines is 1. The van der Waals surface area contributed by atoms with E-state index in [1.54, 1.807) is 16.3 Å². The van der Waals surface area contributed by atoms with Crippen LogP contribution in [0.3, 0.4) is 0 Å². The number of rotatable bonds is 2. The monoisotopic (exact) mass is 303 g/mol. The van der Waals surface area contributed by atoms with E-state index < -0.39 is 5.97 Å². The smallest absolute Gasteiger partial charge is 0.350 e. The predicted octanol–water partition coefficient (Wildman–Crippen LogP) is 2.03. The first-order valence-electron chi connectivity index (χ1n) is 4.73. The molecule has 0 spiro atoms. The third-order valence-electron chi connectivity index (χ3n) is 2.38. The van der Waals surface area contributed by atoms with Crippen molar-refractivity contribution in [2.45, 2.75) is 11.2 Å². The highest BCUT2D eigenvalue weighted by Crippen LogP contribution is 2.31. The number of thiophene rings is 1. The SMILES string of the molecule is COC(=O)c1sccc1N1CC(Br)CC1=O. The van der Waals surface area contributed by atoms with Crippen LogP contribution in [0.25, 0.3) is 0 Å². The van der Waals surface area contributed by atoms with E-state index in [0.717, 1.165) is 0 Å². The Morgan fingerprint density at radius 2 is 2.44 bits per heavy atom. The van der Waals surface area contributed by atoms with E-state index in [1.807, 2.05) is 0 Å². The van der Waals surface area contributed by atoms with Crippen LogP contribution >= 0.6 is 27.3 Å². The maximum Gasteiger partial charge on any atom is 0.350 e. The number of hydrogen-bond donors (Lipinski definition) is 0. The number of methoxy groups -OCH3 is 1. The summed E-state index contributed by atoms with van der Waals surface area (Å²) in [6.07, 6.45) is 0.469. The summed E-state index contributed by atoms with van der Waals surface area (Å²) < 4.78 is 4.68. The second-order valence-electron chi connectivity index (χ2n) is 3.43. The lowest BCUT2D eigenvalue weighted by atomic mass is 10.3. The van der Waals surface area contributed by atoms with Gasteiger partial charge in [0.25, 0.3) is 0 Å². The van der Waals surface area contributed by atoms with Crippen LogP contribution in [0.5, 0.6) is 0 Å². The molecule has 1 aromatic heterocycles. The summed E-state index contributed by atoms with van der Waals surface area (Å²) in [4.78, 5) is 25.4.